The maximum absolute atomic E-state index is 12.7. The molecule has 0 aliphatic rings. The number of hydrogen-bond acceptors (Lipinski definition) is 3. The van der Waals surface area contributed by atoms with Gasteiger partial charge in [0.05, 0.1) is 5.75 Å². The van der Waals surface area contributed by atoms with Crippen molar-refractivity contribution in [2.45, 2.75) is 18.7 Å². The van der Waals surface area contributed by atoms with Crippen LogP contribution in [-0.2, 0) is 4.79 Å². The lowest BCUT2D eigenvalue weighted by molar-refractivity contribution is -0.113. The predicted molar refractivity (Wildman–Crippen MR) is 116 cm³/mol. The molecule has 0 fully saturated rings. The number of amides is 1. The van der Waals surface area contributed by atoms with E-state index in [1.54, 1.807) is 0 Å². The molecule has 0 aliphatic heterocycles. The molecule has 28 heavy (non-hydrogen) atoms. The van der Waals surface area contributed by atoms with Crippen molar-refractivity contribution in [2.75, 3.05) is 11.1 Å². The van der Waals surface area contributed by atoms with Crippen LogP contribution in [0, 0.1) is 13.8 Å². The highest BCUT2D eigenvalue weighted by Crippen LogP contribution is 2.31. The number of carbonyl (C=O) groups is 1. The molecule has 0 spiro atoms. The molecule has 1 amide bonds. The number of nitrogens with zero attached hydrogens (tertiary/aromatic N) is 2. The third kappa shape index (κ3) is 3.80. The van der Waals surface area contributed by atoms with Crippen LogP contribution in [0.5, 0.6) is 0 Å². The first kappa shape index (κ1) is 18.3. The summed E-state index contributed by atoms with van der Waals surface area (Å²) in [5, 5.41) is 3.09. The highest BCUT2D eigenvalue weighted by atomic mass is 32.2. The molecule has 4 nitrogen and oxygen atoms in total. The van der Waals surface area contributed by atoms with Gasteiger partial charge in [-0.25, -0.2) is 4.98 Å². The van der Waals surface area contributed by atoms with Crippen LogP contribution >= 0.6 is 11.8 Å². The van der Waals surface area contributed by atoms with Crippen molar-refractivity contribution >= 4 is 29.1 Å². The van der Waals surface area contributed by atoms with E-state index in [1.807, 2.05) is 78.2 Å². The van der Waals surface area contributed by atoms with Crippen LogP contribution < -0.4 is 5.32 Å². The Morgan fingerprint density at radius 2 is 1.79 bits per heavy atom. The van der Waals surface area contributed by atoms with Gasteiger partial charge in [0.25, 0.3) is 0 Å². The summed E-state index contributed by atoms with van der Waals surface area (Å²) >= 11 is 1.52. The molecule has 1 N–H and O–H groups in total. The van der Waals surface area contributed by atoms with Gasteiger partial charge in [0.2, 0.25) is 5.91 Å². The number of aromatic nitrogens is 2. The smallest absolute Gasteiger partial charge is 0.235 e. The number of carbonyl (C=O) groups excluding carboxylic acids is 1. The molecular weight excluding hydrogens is 366 g/mol. The van der Waals surface area contributed by atoms with Gasteiger partial charge in [-0.15, -0.1) is 11.8 Å². The first-order chi connectivity index (χ1) is 13.6. The predicted octanol–water partition coefficient (Wildman–Crippen LogP) is 5.35. The quantitative estimate of drug-likeness (QED) is 0.470. The van der Waals surface area contributed by atoms with Crippen molar-refractivity contribution in [3.8, 4) is 11.3 Å². The third-order valence-corrected chi connectivity index (χ3v) is 5.56. The maximum atomic E-state index is 12.7. The number of anilines is 1. The Labute approximate surface area is 168 Å². The number of thioether (sulfide) groups is 1. The minimum absolute atomic E-state index is 0.0499. The van der Waals surface area contributed by atoms with Crippen LogP contribution in [0.25, 0.3) is 16.9 Å². The third-order valence-electron chi connectivity index (χ3n) is 4.55. The van der Waals surface area contributed by atoms with Crippen LogP contribution in [0.4, 0.5) is 5.82 Å². The van der Waals surface area contributed by atoms with Crippen molar-refractivity contribution in [1.29, 1.82) is 0 Å². The molecule has 0 saturated heterocycles. The monoisotopic (exact) mass is 387 g/mol. The Balaban J connectivity index is 1.67. The van der Waals surface area contributed by atoms with Crippen molar-refractivity contribution in [3.05, 3.63) is 84.1 Å². The van der Waals surface area contributed by atoms with Gasteiger partial charge in [-0.1, -0.05) is 42.5 Å². The topological polar surface area (TPSA) is 46.4 Å². The molecule has 0 bridgehead atoms. The van der Waals surface area contributed by atoms with Crippen LogP contribution in [0.1, 0.15) is 11.1 Å². The van der Waals surface area contributed by atoms with E-state index in [-0.39, 0.29) is 5.91 Å². The fourth-order valence-corrected chi connectivity index (χ4v) is 3.85. The molecular formula is C23H21N3OS. The average Bonchev–Trinajstić information content (AvgIpc) is 3.04. The summed E-state index contributed by atoms with van der Waals surface area (Å²) in [6, 6.07) is 22.1. The molecule has 0 saturated carbocycles. The summed E-state index contributed by atoms with van der Waals surface area (Å²) in [5.41, 5.74) is 4.89. The van der Waals surface area contributed by atoms with Crippen molar-refractivity contribution in [2.24, 2.45) is 0 Å². The second kappa shape index (κ2) is 7.90. The largest absolute Gasteiger partial charge is 0.309 e. The first-order valence-electron chi connectivity index (χ1n) is 9.14. The Kier molecular flexibility index (Phi) is 5.17. The molecule has 0 radical (unpaired) electrons. The summed E-state index contributed by atoms with van der Waals surface area (Å²) in [4.78, 5) is 18.6. The zero-order valence-corrected chi connectivity index (χ0v) is 16.7. The molecule has 0 unspecified atom stereocenters. The molecule has 2 aromatic heterocycles. The molecule has 0 aliphatic carbocycles. The Morgan fingerprint density at radius 1 is 1.04 bits per heavy atom. The van der Waals surface area contributed by atoms with E-state index in [2.05, 4.69) is 18.3 Å². The van der Waals surface area contributed by atoms with Crippen LogP contribution in [0.3, 0.4) is 0 Å². The van der Waals surface area contributed by atoms with Crippen molar-refractivity contribution in [3.63, 3.8) is 0 Å². The molecule has 4 aromatic rings. The lowest BCUT2D eigenvalue weighted by Crippen LogP contribution is -2.16. The minimum Gasteiger partial charge on any atom is -0.309 e. The van der Waals surface area contributed by atoms with E-state index in [0.29, 0.717) is 11.6 Å². The van der Waals surface area contributed by atoms with Gasteiger partial charge in [-0.05, 0) is 49.2 Å². The molecule has 0 atom stereocenters. The summed E-state index contributed by atoms with van der Waals surface area (Å²) in [7, 11) is 0. The average molecular weight is 388 g/mol. The molecule has 2 heterocycles. The summed E-state index contributed by atoms with van der Waals surface area (Å²) < 4.78 is 1.94. The zero-order chi connectivity index (χ0) is 19.5. The van der Waals surface area contributed by atoms with Crippen molar-refractivity contribution in [1.82, 2.24) is 9.38 Å². The van der Waals surface area contributed by atoms with E-state index in [9.17, 15) is 4.79 Å². The number of benzene rings is 2. The molecule has 4 rings (SSSR count). The van der Waals surface area contributed by atoms with Gasteiger partial charge < -0.3 is 5.32 Å². The van der Waals surface area contributed by atoms with Crippen LogP contribution in [-0.4, -0.2) is 21.0 Å². The standard InChI is InChI=1S/C23H21N3OS/c1-16-12-13-26-20(14-16)24-22(19-11-7-6-8-17(19)2)23(26)25-21(27)15-28-18-9-4-3-5-10-18/h3-14H,15H2,1-2H3,(H,25,27). The van der Waals surface area contributed by atoms with Gasteiger partial charge in [-0.2, -0.15) is 0 Å². The van der Waals surface area contributed by atoms with Gasteiger partial charge in [0.15, 0.2) is 0 Å². The molecule has 2 aromatic carbocycles. The highest BCUT2D eigenvalue weighted by Gasteiger charge is 2.18. The fraction of sp³-hybridized carbons (Fsp3) is 0.130. The number of aryl methyl sites for hydroxylation is 2. The first-order valence-corrected chi connectivity index (χ1v) is 10.1. The number of rotatable bonds is 5. The Bertz CT molecular complexity index is 1140. The van der Waals surface area contributed by atoms with Gasteiger partial charge in [0.1, 0.15) is 17.2 Å². The number of pyridine rings is 1. The van der Waals surface area contributed by atoms with E-state index in [1.165, 1.54) is 11.8 Å². The second-order valence-corrected chi connectivity index (χ2v) is 7.75. The number of hydrogen-bond donors (Lipinski definition) is 1. The van der Waals surface area contributed by atoms with Crippen molar-refractivity contribution < 1.29 is 4.79 Å². The Morgan fingerprint density at radius 3 is 2.57 bits per heavy atom. The Hall–Kier alpha value is -3.05. The summed E-state index contributed by atoms with van der Waals surface area (Å²) in [6.45, 7) is 4.10. The summed E-state index contributed by atoms with van der Waals surface area (Å²) in [5.74, 6) is 1.00. The minimum atomic E-state index is -0.0499. The number of imidazole rings is 1. The van der Waals surface area contributed by atoms with Gasteiger partial charge in [-0.3, -0.25) is 9.20 Å². The van der Waals surface area contributed by atoms with E-state index in [4.69, 9.17) is 4.98 Å². The lowest BCUT2D eigenvalue weighted by atomic mass is 10.1. The number of nitrogens with one attached hydrogen (secondary N) is 1. The summed E-state index contributed by atoms with van der Waals surface area (Å²) in [6.07, 6.45) is 1.96. The molecule has 140 valence electrons. The van der Waals surface area contributed by atoms with E-state index >= 15 is 0 Å². The lowest BCUT2D eigenvalue weighted by Gasteiger charge is -2.09. The highest BCUT2D eigenvalue weighted by molar-refractivity contribution is 8.00. The normalized spacial score (nSPS) is 10.9. The van der Waals surface area contributed by atoms with Gasteiger partial charge in [0, 0.05) is 16.7 Å². The maximum Gasteiger partial charge on any atom is 0.235 e. The SMILES string of the molecule is Cc1ccn2c(NC(=O)CSc3ccccc3)c(-c3ccccc3C)nc2c1. The zero-order valence-electron chi connectivity index (χ0n) is 15.8. The second-order valence-electron chi connectivity index (χ2n) is 6.71. The van der Waals surface area contributed by atoms with Crippen LogP contribution in [0.2, 0.25) is 0 Å². The fourth-order valence-electron chi connectivity index (χ4n) is 3.13. The number of fused-ring (bicyclic) bond motifs is 1. The van der Waals surface area contributed by atoms with E-state index in [0.717, 1.165) is 32.9 Å². The van der Waals surface area contributed by atoms with E-state index < -0.39 is 0 Å². The molecule has 5 heteroatoms. The van der Waals surface area contributed by atoms with Crippen LogP contribution in [0.15, 0.2) is 77.8 Å². The van der Waals surface area contributed by atoms with Gasteiger partial charge >= 0.3 is 0 Å².